The second-order valence-electron chi connectivity index (χ2n) is 7.72. The molecular formula is C23H26N2O2. The summed E-state index contributed by atoms with van der Waals surface area (Å²) in [4.78, 5) is 27.1. The Balaban J connectivity index is 1.37. The van der Waals surface area contributed by atoms with Gasteiger partial charge in [-0.3, -0.25) is 14.5 Å². The van der Waals surface area contributed by atoms with Gasteiger partial charge in [-0.1, -0.05) is 54.6 Å². The average Bonchev–Trinajstić information content (AvgIpc) is 3.52. The third-order valence-electron chi connectivity index (χ3n) is 5.46. The van der Waals surface area contributed by atoms with Gasteiger partial charge in [-0.2, -0.15) is 0 Å². The maximum Gasteiger partial charge on any atom is 0.234 e. The van der Waals surface area contributed by atoms with Gasteiger partial charge in [-0.15, -0.1) is 0 Å². The quantitative estimate of drug-likeness (QED) is 0.800. The molecule has 1 heterocycles. The van der Waals surface area contributed by atoms with Gasteiger partial charge in [0.15, 0.2) is 5.78 Å². The van der Waals surface area contributed by atoms with Crippen LogP contribution in [0.25, 0.3) is 11.1 Å². The van der Waals surface area contributed by atoms with Gasteiger partial charge in [-0.05, 0) is 43.4 Å². The molecule has 1 saturated heterocycles. The minimum atomic E-state index is -0.0185. The molecule has 1 N–H and O–H groups in total. The standard InChI is InChI=1S/C23H26N2O2/c26-22(24-21-12-13-21)16-25-14-4-7-20(15-25)23(27)19-10-8-18(9-11-19)17-5-2-1-3-6-17/h1-3,5-6,8-11,20-21H,4,7,12-16H2,(H,24,26)/t20-/m1/s1. The molecule has 2 aromatic rings. The number of benzene rings is 2. The number of rotatable bonds is 6. The maximum atomic E-state index is 12.9. The number of Topliss-reactive ketones (excluding diaryl/α,β-unsaturated/α-hetero) is 1. The maximum absolute atomic E-state index is 12.9. The molecule has 1 atom stereocenters. The second kappa shape index (κ2) is 8.05. The highest BCUT2D eigenvalue weighted by atomic mass is 16.2. The normalized spacial score (nSPS) is 20.2. The summed E-state index contributed by atoms with van der Waals surface area (Å²) in [5, 5.41) is 3.03. The monoisotopic (exact) mass is 362 g/mol. The minimum absolute atomic E-state index is 0.0185. The zero-order chi connectivity index (χ0) is 18.6. The molecule has 1 saturated carbocycles. The van der Waals surface area contributed by atoms with Crippen LogP contribution in [0.4, 0.5) is 0 Å². The molecule has 4 nitrogen and oxygen atoms in total. The molecule has 0 aromatic heterocycles. The van der Waals surface area contributed by atoms with Crippen LogP contribution >= 0.6 is 0 Å². The Kier molecular flexibility index (Phi) is 5.35. The fraction of sp³-hybridized carbons (Fsp3) is 0.391. The van der Waals surface area contributed by atoms with Gasteiger partial charge in [0.25, 0.3) is 0 Å². The van der Waals surface area contributed by atoms with E-state index in [0.29, 0.717) is 19.1 Å². The molecule has 2 aromatic carbocycles. The van der Waals surface area contributed by atoms with Crippen molar-refractivity contribution in [3.05, 3.63) is 60.2 Å². The predicted molar refractivity (Wildman–Crippen MR) is 107 cm³/mol. The first-order valence-corrected chi connectivity index (χ1v) is 9.90. The van der Waals surface area contributed by atoms with Gasteiger partial charge in [0.2, 0.25) is 5.91 Å². The molecule has 0 bridgehead atoms. The summed E-state index contributed by atoms with van der Waals surface area (Å²) in [5.41, 5.74) is 3.04. The number of carbonyl (C=O) groups is 2. The Morgan fingerprint density at radius 3 is 2.33 bits per heavy atom. The number of likely N-dealkylation sites (tertiary alicyclic amines) is 1. The lowest BCUT2D eigenvalue weighted by Gasteiger charge is -2.31. The summed E-state index contributed by atoms with van der Waals surface area (Å²) in [6.07, 6.45) is 4.08. The van der Waals surface area contributed by atoms with Crippen LogP contribution in [-0.2, 0) is 4.79 Å². The summed E-state index contributed by atoms with van der Waals surface area (Å²) in [6, 6.07) is 18.5. The number of carbonyl (C=O) groups excluding carboxylic acids is 2. The predicted octanol–water partition coefficient (Wildman–Crippen LogP) is 3.53. The van der Waals surface area contributed by atoms with E-state index in [1.165, 1.54) is 0 Å². The number of hydrogen-bond acceptors (Lipinski definition) is 3. The van der Waals surface area contributed by atoms with E-state index >= 15 is 0 Å². The van der Waals surface area contributed by atoms with Crippen molar-refractivity contribution in [2.75, 3.05) is 19.6 Å². The van der Waals surface area contributed by atoms with E-state index in [1.54, 1.807) is 0 Å². The van der Waals surface area contributed by atoms with Gasteiger partial charge >= 0.3 is 0 Å². The fourth-order valence-electron chi connectivity index (χ4n) is 3.81. The van der Waals surface area contributed by atoms with Gasteiger partial charge in [0.05, 0.1) is 6.54 Å². The third kappa shape index (κ3) is 4.64. The molecule has 1 amide bonds. The number of nitrogens with one attached hydrogen (secondary N) is 1. The van der Waals surface area contributed by atoms with Crippen LogP contribution in [0, 0.1) is 5.92 Å². The van der Waals surface area contributed by atoms with Crippen LogP contribution in [0.15, 0.2) is 54.6 Å². The van der Waals surface area contributed by atoms with Crippen molar-refractivity contribution in [3.63, 3.8) is 0 Å². The van der Waals surface area contributed by atoms with Crippen molar-refractivity contribution < 1.29 is 9.59 Å². The highest BCUT2D eigenvalue weighted by Gasteiger charge is 2.29. The Morgan fingerprint density at radius 2 is 1.63 bits per heavy atom. The van der Waals surface area contributed by atoms with Crippen LogP contribution in [-0.4, -0.2) is 42.3 Å². The molecule has 4 rings (SSSR count). The first-order valence-electron chi connectivity index (χ1n) is 9.90. The molecule has 2 aliphatic rings. The third-order valence-corrected chi connectivity index (χ3v) is 5.46. The zero-order valence-electron chi connectivity index (χ0n) is 15.6. The van der Waals surface area contributed by atoms with E-state index in [4.69, 9.17) is 0 Å². The van der Waals surface area contributed by atoms with E-state index in [-0.39, 0.29) is 17.6 Å². The summed E-state index contributed by atoms with van der Waals surface area (Å²) < 4.78 is 0. The molecule has 2 fully saturated rings. The lowest BCUT2D eigenvalue weighted by Crippen LogP contribution is -2.44. The van der Waals surface area contributed by atoms with Crippen LogP contribution in [0.5, 0.6) is 0 Å². The van der Waals surface area contributed by atoms with Crippen molar-refractivity contribution in [3.8, 4) is 11.1 Å². The summed E-state index contributed by atoms with van der Waals surface area (Å²) in [7, 11) is 0. The number of ketones is 1. The molecular weight excluding hydrogens is 336 g/mol. The molecule has 1 aliphatic carbocycles. The van der Waals surface area contributed by atoms with Crippen LogP contribution < -0.4 is 5.32 Å². The molecule has 0 radical (unpaired) electrons. The first-order chi connectivity index (χ1) is 13.2. The van der Waals surface area contributed by atoms with E-state index in [2.05, 4.69) is 22.3 Å². The van der Waals surface area contributed by atoms with Crippen molar-refractivity contribution >= 4 is 11.7 Å². The summed E-state index contributed by atoms with van der Waals surface area (Å²) in [5.74, 6) is 0.273. The van der Waals surface area contributed by atoms with E-state index in [0.717, 1.165) is 48.9 Å². The van der Waals surface area contributed by atoms with Crippen LogP contribution in [0.1, 0.15) is 36.0 Å². The zero-order valence-corrected chi connectivity index (χ0v) is 15.6. The largest absolute Gasteiger partial charge is 0.352 e. The number of amides is 1. The molecule has 1 aliphatic heterocycles. The van der Waals surface area contributed by atoms with E-state index in [1.807, 2.05) is 42.5 Å². The highest BCUT2D eigenvalue weighted by molar-refractivity contribution is 5.98. The second-order valence-corrected chi connectivity index (χ2v) is 7.72. The van der Waals surface area contributed by atoms with Crippen LogP contribution in [0.3, 0.4) is 0 Å². The SMILES string of the molecule is O=C(CN1CCC[C@@H](C(=O)c2ccc(-c3ccccc3)cc2)C1)NC1CC1. The Hall–Kier alpha value is -2.46. The molecule has 0 unspecified atom stereocenters. The summed E-state index contributed by atoms with van der Waals surface area (Å²) in [6.45, 7) is 1.99. The number of hydrogen-bond donors (Lipinski definition) is 1. The smallest absolute Gasteiger partial charge is 0.234 e. The number of piperidine rings is 1. The minimum Gasteiger partial charge on any atom is -0.352 e. The van der Waals surface area contributed by atoms with Crippen molar-refractivity contribution in [1.29, 1.82) is 0 Å². The van der Waals surface area contributed by atoms with Crippen molar-refractivity contribution in [1.82, 2.24) is 10.2 Å². The molecule has 0 spiro atoms. The van der Waals surface area contributed by atoms with Gasteiger partial charge < -0.3 is 5.32 Å². The molecule has 27 heavy (non-hydrogen) atoms. The fourth-order valence-corrected chi connectivity index (χ4v) is 3.81. The van der Waals surface area contributed by atoms with E-state index in [9.17, 15) is 9.59 Å². The highest BCUT2D eigenvalue weighted by Crippen LogP contribution is 2.24. The molecule has 140 valence electrons. The average molecular weight is 362 g/mol. The lowest BCUT2D eigenvalue weighted by molar-refractivity contribution is -0.122. The lowest BCUT2D eigenvalue weighted by atomic mass is 9.89. The van der Waals surface area contributed by atoms with Crippen molar-refractivity contribution in [2.24, 2.45) is 5.92 Å². The van der Waals surface area contributed by atoms with E-state index < -0.39 is 0 Å². The summed E-state index contributed by atoms with van der Waals surface area (Å²) >= 11 is 0. The Bertz CT molecular complexity index is 797. The first kappa shape index (κ1) is 17.9. The molecule has 4 heteroatoms. The van der Waals surface area contributed by atoms with Crippen LogP contribution in [0.2, 0.25) is 0 Å². The Labute approximate surface area is 160 Å². The van der Waals surface area contributed by atoms with Gasteiger partial charge in [-0.25, -0.2) is 0 Å². The Morgan fingerprint density at radius 1 is 0.926 bits per heavy atom. The van der Waals surface area contributed by atoms with Gasteiger partial charge in [0, 0.05) is 24.1 Å². The topological polar surface area (TPSA) is 49.4 Å². The van der Waals surface area contributed by atoms with Gasteiger partial charge in [0.1, 0.15) is 0 Å². The van der Waals surface area contributed by atoms with Crippen molar-refractivity contribution in [2.45, 2.75) is 31.7 Å². The number of nitrogens with zero attached hydrogens (tertiary/aromatic N) is 1.